The Balaban J connectivity index is 1.16. The van der Waals surface area contributed by atoms with Gasteiger partial charge in [-0.2, -0.15) is 0 Å². The molecule has 5 rings (SSSR count). The van der Waals surface area contributed by atoms with Gasteiger partial charge in [-0.05, 0) is 37.3 Å². The molecule has 0 saturated carbocycles. The van der Waals surface area contributed by atoms with Crippen LogP contribution in [0.3, 0.4) is 0 Å². The van der Waals surface area contributed by atoms with Gasteiger partial charge in [-0.1, -0.05) is 12.1 Å². The molecule has 1 aliphatic rings. The van der Waals surface area contributed by atoms with Crippen LogP contribution in [0.5, 0.6) is 0 Å². The van der Waals surface area contributed by atoms with E-state index < -0.39 is 0 Å². The topological polar surface area (TPSA) is 97.1 Å². The zero-order valence-corrected chi connectivity index (χ0v) is 18.0. The van der Waals surface area contributed by atoms with Crippen molar-refractivity contribution in [1.82, 2.24) is 24.8 Å². The largest absolute Gasteiger partial charge is 0.325 e. The number of anilines is 1. The van der Waals surface area contributed by atoms with Gasteiger partial charge in [-0.25, -0.2) is 9.78 Å². The normalized spacial score (nSPS) is 16.7. The smallest absolute Gasteiger partial charge is 0.323 e. The van der Waals surface area contributed by atoms with Crippen LogP contribution in [-0.2, 0) is 11.3 Å². The summed E-state index contributed by atoms with van der Waals surface area (Å²) in [6.07, 6.45) is 0. The van der Waals surface area contributed by atoms with E-state index in [-0.39, 0.29) is 17.6 Å². The number of nitrogens with zero attached hydrogens (tertiary/aromatic N) is 3. The minimum absolute atomic E-state index is 0.0446. The Morgan fingerprint density at radius 3 is 2.71 bits per heavy atom. The number of fused-ring (bicyclic) bond motifs is 2. The highest BCUT2D eigenvalue weighted by Crippen LogP contribution is 2.23. The number of para-hydroxylation sites is 1. The van der Waals surface area contributed by atoms with E-state index in [1.54, 1.807) is 29.5 Å². The lowest BCUT2D eigenvalue weighted by Crippen LogP contribution is -2.52. The van der Waals surface area contributed by atoms with Crippen LogP contribution in [0.1, 0.15) is 11.9 Å². The summed E-state index contributed by atoms with van der Waals surface area (Å²) in [6.45, 7) is 6.28. The number of benzene rings is 2. The number of thiazole rings is 1. The minimum atomic E-state index is -0.254. The number of hydrogen-bond donors (Lipinski definition) is 3. The number of imidazole rings is 1. The van der Waals surface area contributed by atoms with Gasteiger partial charge >= 0.3 is 5.69 Å². The number of hydrogen-bond acceptors (Lipinski definition) is 6. The molecular formula is C22H24N6O2S. The molecule has 1 amide bonds. The van der Waals surface area contributed by atoms with E-state index in [2.05, 4.69) is 37.2 Å². The van der Waals surface area contributed by atoms with E-state index >= 15 is 0 Å². The summed E-state index contributed by atoms with van der Waals surface area (Å²) < 4.78 is 1.23. The van der Waals surface area contributed by atoms with E-state index in [0.29, 0.717) is 11.2 Å². The van der Waals surface area contributed by atoms with Crippen molar-refractivity contribution in [3.63, 3.8) is 0 Å². The van der Waals surface area contributed by atoms with Crippen molar-refractivity contribution >= 4 is 44.2 Å². The summed E-state index contributed by atoms with van der Waals surface area (Å²) in [5.41, 5.74) is 2.89. The van der Waals surface area contributed by atoms with Gasteiger partial charge in [0.2, 0.25) is 5.91 Å². The molecule has 0 radical (unpaired) electrons. The maximum atomic E-state index is 12.8. The van der Waals surface area contributed by atoms with Crippen molar-refractivity contribution in [2.24, 2.45) is 0 Å². The summed E-state index contributed by atoms with van der Waals surface area (Å²) in [5.74, 6) is -0.0446. The highest BCUT2D eigenvalue weighted by atomic mass is 32.1. The van der Waals surface area contributed by atoms with E-state index in [9.17, 15) is 9.59 Å². The fraction of sp³-hybridized carbons (Fsp3) is 0.318. The molecule has 1 saturated heterocycles. The summed E-state index contributed by atoms with van der Waals surface area (Å²) in [4.78, 5) is 38.9. The van der Waals surface area contributed by atoms with Crippen molar-refractivity contribution in [2.45, 2.75) is 19.5 Å². The van der Waals surface area contributed by atoms with Gasteiger partial charge in [-0.3, -0.25) is 14.6 Å². The summed E-state index contributed by atoms with van der Waals surface area (Å²) in [7, 11) is 0. The van der Waals surface area contributed by atoms with Crippen LogP contribution in [0.2, 0.25) is 0 Å². The average Bonchev–Trinajstić information content (AvgIpc) is 3.35. The maximum absolute atomic E-state index is 12.8. The Hall–Kier alpha value is -3.01. The SMILES string of the molecule is C[C@H](C(=O)Nc1ccc2[nH]c(=O)[nH]c2c1)N1CCN(Cc2nc3ccccc3s2)CC1. The Bertz CT molecular complexity index is 1250. The molecule has 3 heterocycles. The summed E-state index contributed by atoms with van der Waals surface area (Å²) >= 11 is 1.75. The molecule has 4 aromatic rings. The molecule has 160 valence electrons. The molecule has 9 heteroatoms. The van der Waals surface area contributed by atoms with Gasteiger partial charge in [0, 0.05) is 31.9 Å². The number of H-pyrrole nitrogens is 2. The van der Waals surface area contributed by atoms with Crippen molar-refractivity contribution in [3.05, 3.63) is 58.0 Å². The molecule has 0 spiro atoms. The standard InChI is InChI=1S/C22H24N6O2S/c1-14(21(29)23-15-6-7-16-18(12-15)26-22(30)25-16)28-10-8-27(9-11-28)13-20-24-17-4-2-3-5-19(17)31-20/h2-7,12,14H,8-11,13H2,1H3,(H,23,29)(H2,25,26,30)/t14-/m1/s1. The zero-order chi connectivity index (χ0) is 21.4. The lowest BCUT2D eigenvalue weighted by atomic mass is 10.2. The number of amides is 1. The third-order valence-corrected chi connectivity index (χ3v) is 6.84. The summed E-state index contributed by atoms with van der Waals surface area (Å²) in [5, 5.41) is 4.11. The maximum Gasteiger partial charge on any atom is 0.323 e. The third kappa shape index (κ3) is 4.25. The Morgan fingerprint density at radius 2 is 1.90 bits per heavy atom. The average molecular weight is 437 g/mol. The van der Waals surface area contributed by atoms with Gasteiger partial charge in [0.15, 0.2) is 0 Å². The van der Waals surface area contributed by atoms with Crippen LogP contribution in [-0.4, -0.2) is 62.9 Å². The predicted octanol–water partition coefficient (Wildman–Crippen LogP) is 2.61. The molecule has 8 nitrogen and oxygen atoms in total. The van der Waals surface area contributed by atoms with E-state index in [4.69, 9.17) is 4.98 Å². The van der Waals surface area contributed by atoms with Crippen LogP contribution in [0.25, 0.3) is 21.3 Å². The number of carbonyl (C=O) groups is 1. The molecule has 0 unspecified atom stereocenters. The highest BCUT2D eigenvalue weighted by Gasteiger charge is 2.26. The van der Waals surface area contributed by atoms with Crippen LogP contribution in [0.15, 0.2) is 47.3 Å². The predicted molar refractivity (Wildman–Crippen MR) is 123 cm³/mol. The molecule has 1 aliphatic heterocycles. The first-order valence-electron chi connectivity index (χ1n) is 10.4. The molecule has 1 atom stereocenters. The molecular weight excluding hydrogens is 412 g/mol. The monoisotopic (exact) mass is 436 g/mol. The number of nitrogens with one attached hydrogen (secondary N) is 3. The fourth-order valence-electron chi connectivity index (χ4n) is 4.01. The summed E-state index contributed by atoms with van der Waals surface area (Å²) in [6, 6.07) is 13.4. The number of aromatic amines is 2. The van der Waals surface area contributed by atoms with Gasteiger partial charge in [0.25, 0.3) is 0 Å². The molecule has 0 bridgehead atoms. The van der Waals surface area contributed by atoms with E-state index in [1.165, 1.54) is 4.70 Å². The first-order valence-corrected chi connectivity index (χ1v) is 11.2. The first kappa shape index (κ1) is 19.9. The highest BCUT2D eigenvalue weighted by molar-refractivity contribution is 7.18. The number of carbonyl (C=O) groups excluding carboxylic acids is 1. The Labute approximate surface area is 182 Å². The molecule has 2 aromatic heterocycles. The Kier molecular flexibility index (Phi) is 5.31. The van der Waals surface area contributed by atoms with Crippen LogP contribution in [0, 0.1) is 0 Å². The van der Waals surface area contributed by atoms with Gasteiger partial charge < -0.3 is 15.3 Å². The number of rotatable bonds is 5. The van der Waals surface area contributed by atoms with Gasteiger partial charge in [-0.15, -0.1) is 11.3 Å². The third-order valence-electron chi connectivity index (χ3n) is 5.81. The second kappa shape index (κ2) is 8.26. The van der Waals surface area contributed by atoms with Gasteiger partial charge in [0.05, 0.1) is 33.8 Å². The molecule has 31 heavy (non-hydrogen) atoms. The minimum Gasteiger partial charge on any atom is -0.325 e. The molecule has 2 aromatic carbocycles. The molecule has 1 fully saturated rings. The van der Waals surface area contributed by atoms with Crippen molar-refractivity contribution < 1.29 is 4.79 Å². The first-order chi connectivity index (χ1) is 15.0. The van der Waals surface area contributed by atoms with E-state index in [1.807, 2.05) is 19.1 Å². The number of aromatic nitrogens is 3. The molecule has 3 N–H and O–H groups in total. The molecule has 0 aliphatic carbocycles. The second-order valence-electron chi connectivity index (χ2n) is 7.89. The van der Waals surface area contributed by atoms with Crippen molar-refractivity contribution in [3.8, 4) is 0 Å². The lowest BCUT2D eigenvalue weighted by Gasteiger charge is -2.37. The van der Waals surface area contributed by atoms with Gasteiger partial charge in [0.1, 0.15) is 5.01 Å². The number of piperazine rings is 1. The Morgan fingerprint density at radius 1 is 1.13 bits per heavy atom. The van der Waals surface area contributed by atoms with Crippen molar-refractivity contribution in [1.29, 1.82) is 0 Å². The van der Waals surface area contributed by atoms with Crippen molar-refractivity contribution in [2.75, 3.05) is 31.5 Å². The lowest BCUT2D eigenvalue weighted by molar-refractivity contribution is -0.121. The quantitative estimate of drug-likeness (QED) is 0.447. The van der Waals surface area contributed by atoms with Crippen LogP contribution in [0.4, 0.5) is 5.69 Å². The second-order valence-corrected chi connectivity index (χ2v) is 9.01. The zero-order valence-electron chi connectivity index (χ0n) is 17.2. The van der Waals surface area contributed by atoms with Crippen LogP contribution >= 0.6 is 11.3 Å². The van der Waals surface area contributed by atoms with E-state index in [0.717, 1.165) is 48.8 Å². The fourth-order valence-corrected chi connectivity index (χ4v) is 5.02. The van der Waals surface area contributed by atoms with Crippen LogP contribution < -0.4 is 11.0 Å².